The van der Waals surface area contributed by atoms with E-state index in [1.807, 2.05) is 36.0 Å². The average Bonchev–Trinajstić information content (AvgIpc) is 2.56. The summed E-state index contributed by atoms with van der Waals surface area (Å²) < 4.78 is 1.84. The Morgan fingerprint density at radius 2 is 2.21 bits per heavy atom. The van der Waals surface area contributed by atoms with Crippen molar-refractivity contribution in [2.75, 3.05) is 0 Å². The minimum absolute atomic E-state index is 0.193. The molecule has 3 nitrogen and oxygen atoms in total. The SMILES string of the molecule is C=CC(N)c1nn(C)c2ccccc12. The monoisotopic (exact) mass is 187 g/mol. The van der Waals surface area contributed by atoms with Gasteiger partial charge >= 0.3 is 0 Å². The van der Waals surface area contributed by atoms with Crippen molar-refractivity contribution in [2.45, 2.75) is 6.04 Å². The van der Waals surface area contributed by atoms with Crippen LogP contribution in [0.15, 0.2) is 36.9 Å². The minimum Gasteiger partial charge on any atom is -0.319 e. The van der Waals surface area contributed by atoms with Gasteiger partial charge in [-0.05, 0) is 6.07 Å². The molecule has 2 aromatic rings. The van der Waals surface area contributed by atoms with Crippen LogP contribution in [0.5, 0.6) is 0 Å². The Morgan fingerprint density at radius 3 is 2.93 bits per heavy atom. The molecule has 0 radical (unpaired) electrons. The molecule has 1 atom stereocenters. The van der Waals surface area contributed by atoms with Crippen molar-refractivity contribution >= 4 is 10.9 Å². The first kappa shape index (κ1) is 8.97. The van der Waals surface area contributed by atoms with Crippen LogP contribution in [0, 0.1) is 0 Å². The van der Waals surface area contributed by atoms with Gasteiger partial charge in [-0.15, -0.1) is 6.58 Å². The van der Waals surface area contributed by atoms with Gasteiger partial charge in [0.2, 0.25) is 0 Å². The molecule has 2 N–H and O–H groups in total. The molecule has 1 aromatic carbocycles. The molecule has 14 heavy (non-hydrogen) atoms. The van der Waals surface area contributed by atoms with E-state index in [-0.39, 0.29) is 6.04 Å². The predicted molar refractivity (Wildman–Crippen MR) is 57.8 cm³/mol. The van der Waals surface area contributed by atoms with Crippen LogP contribution in [0.2, 0.25) is 0 Å². The molecule has 1 unspecified atom stereocenters. The summed E-state index contributed by atoms with van der Waals surface area (Å²) in [7, 11) is 1.92. The summed E-state index contributed by atoms with van der Waals surface area (Å²) in [6.07, 6.45) is 1.70. The fourth-order valence-electron chi connectivity index (χ4n) is 1.60. The van der Waals surface area contributed by atoms with Gasteiger partial charge in [0.15, 0.2) is 0 Å². The summed E-state index contributed by atoms with van der Waals surface area (Å²) in [5.41, 5.74) is 7.86. The highest BCUT2D eigenvalue weighted by Crippen LogP contribution is 2.21. The third-order valence-corrected chi connectivity index (χ3v) is 2.36. The van der Waals surface area contributed by atoms with Crippen LogP contribution < -0.4 is 5.73 Å². The maximum absolute atomic E-state index is 5.88. The zero-order valence-corrected chi connectivity index (χ0v) is 8.14. The van der Waals surface area contributed by atoms with E-state index in [2.05, 4.69) is 11.7 Å². The second-order valence-electron chi connectivity index (χ2n) is 3.29. The van der Waals surface area contributed by atoms with Crippen LogP contribution >= 0.6 is 0 Å². The first-order valence-corrected chi connectivity index (χ1v) is 4.54. The van der Waals surface area contributed by atoms with Gasteiger partial charge < -0.3 is 5.73 Å². The highest BCUT2D eigenvalue weighted by atomic mass is 15.3. The zero-order valence-electron chi connectivity index (χ0n) is 8.14. The van der Waals surface area contributed by atoms with E-state index in [1.54, 1.807) is 6.08 Å². The van der Waals surface area contributed by atoms with E-state index in [0.717, 1.165) is 16.6 Å². The summed E-state index contributed by atoms with van der Waals surface area (Å²) in [4.78, 5) is 0. The number of nitrogens with two attached hydrogens (primary N) is 1. The third kappa shape index (κ3) is 1.22. The number of hydrogen-bond acceptors (Lipinski definition) is 2. The molecule has 0 aliphatic rings. The molecule has 0 aliphatic carbocycles. The third-order valence-electron chi connectivity index (χ3n) is 2.36. The molecule has 0 saturated heterocycles. The standard InChI is InChI=1S/C11H13N3/c1-3-9(12)11-8-6-4-5-7-10(8)14(2)13-11/h3-7,9H,1,12H2,2H3. The Balaban J connectivity index is 2.72. The molecule has 72 valence electrons. The molecule has 0 amide bonds. The van der Waals surface area contributed by atoms with E-state index in [4.69, 9.17) is 5.73 Å². The fraction of sp³-hybridized carbons (Fsp3) is 0.182. The van der Waals surface area contributed by atoms with Crippen molar-refractivity contribution in [1.82, 2.24) is 9.78 Å². The van der Waals surface area contributed by atoms with Gasteiger partial charge in [-0.2, -0.15) is 5.10 Å². The summed E-state index contributed by atoms with van der Waals surface area (Å²) in [5, 5.41) is 5.48. The molecular weight excluding hydrogens is 174 g/mol. The summed E-state index contributed by atoms with van der Waals surface area (Å²) >= 11 is 0. The Bertz CT molecular complexity index is 470. The maximum Gasteiger partial charge on any atom is 0.0909 e. The predicted octanol–water partition coefficient (Wildman–Crippen LogP) is 1.76. The van der Waals surface area contributed by atoms with E-state index < -0.39 is 0 Å². The van der Waals surface area contributed by atoms with E-state index >= 15 is 0 Å². The fourth-order valence-corrected chi connectivity index (χ4v) is 1.60. The van der Waals surface area contributed by atoms with Crippen molar-refractivity contribution in [3.8, 4) is 0 Å². The smallest absolute Gasteiger partial charge is 0.0909 e. The Labute approximate surface area is 82.8 Å². The van der Waals surface area contributed by atoms with Crippen LogP contribution in [0.3, 0.4) is 0 Å². The van der Waals surface area contributed by atoms with Crippen LogP contribution in [0.4, 0.5) is 0 Å². The van der Waals surface area contributed by atoms with Crippen molar-refractivity contribution in [3.63, 3.8) is 0 Å². The molecular formula is C11H13N3. The van der Waals surface area contributed by atoms with Crippen LogP contribution in [0.25, 0.3) is 10.9 Å². The van der Waals surface area contributed by atoms with E-state index in [9.17, 15) is 0 Å². The molecule has 0 saturated carbocycles. The number of rotatable bonds is 2. The van der Waals surface area contributed by atoms with Gasteiger partial charge in [0, 0.05) is 12.4 Å². The summed E-state index contributed by atoms with van der Waals surface area (Å²) in [5.74, 6) is 0. The average molecular weight is 187 g/mol. The maximum atomic E-state index is 5.88. The highest BCUT2D eigenvalue weighted by molar-refractivity contribution is 5.82. The summed E-state index contributed by atoms with van der Waals surface area (Å²) in [6.45, 7) is 3.68. The second kappa shape index (κ2) is 3.27. The lowest BCUT2D eigenvalue weighted by Gasteiger charge is -2.00. The number of nitrogens with zero attached hydrogens (tertiary/aromatic N) is 2. The van der Waals surface area contributed by atoms with E-state index in [1.165, 1.54) is 0 Å². The number of benzene rings is 1. The lowest BCUT2D eigenvalue weighted by Crippen LogP contribution is -2.08. The van der Waals surface area contributed by atoms with Crippen molar-refractivity contribution in [1.29, 1.82) is 0 Å². The molecule has 2 rings (SSSR count). The van der Waals surface area contributed by atoms with Crippen LogP contribution in [0.1, 0.15) is 11.7 Å². The number of hydrogen-bond donors (Lipinski definition) is 1. The van der Waals surface area contributed by atoms with Crippen molar-refractivity contribution < 1.29 is 0 Å². The normalized spacial score (nSPS) is 13.0. The van der Waals surface area contributed by atoms with Crippen molar-refractivity contribution in [3.05, 3.63) is 42.6 Å². The molecule has 0 spiro atoms. The molecule has 0 aliphatic heterocycles. The van der Waals surface area contributed by atoms with Gasteiger partial charge in [-0.25, -0.2) is 0 Å². The molecule has 3 heteroatoms. The Kier molecular flexibility index (Phi) is 2.09. The zero-order chi connectivity index (χ0) is 10.1. The number of para-hydroxylation sites is 1. The number of aryl methyl sites for hydroxylation is 1. The number of aromatic nitrogens is 2. The first-order valence-electron chi connectivity index (χ1n) is 4.54. The van der Waals surface area contributed by atoms with Gasteiger partial charge in [0.1, 0.15) is 0 Å². The second-order valence-corrected chi connectivity index (χ2v) is 3.29. The lowest BCUT2D eigenvalue weighted by atomic mass is 10.1. The van der Waals surface area contributed by atoms with Gasteiger partial charge in [0.25, 0.3) is 0 Å². The Morgan fingerprint density at radius 1 is 1.50 bits per heavy atom. The molecule has 1 aromatic heterocycles. The Hall–Kier alpha value is -1.61. The van der Waals surface area contributed by atoms with Crippen molar-refractivity contribution in [2.24, 2.45) is 12.8 Å². The topological polar surface area (TPSA) is 43.8 Å². The largest absolute Gasteiger partial charge is 0.319 e. The van der Waals surface area contributed by atoms with E-state index in [0.29, 0.717) is 0 Å². The molecule has 1 heterocycles. The van der Waals surface area contributed by atoms with Crippen LogP contribution in [-0.2, 0) is 7.05 Å². The quantitative estimate of drug-likeness (QED) is 0.728. The van der Waals surface area contributed by atoms with Gasteiger partial charge in [0.05, 0.1) is 17.3 Å². The molecule has 0 bridgehead atoms. The van der Waals surface area contributed by atoms with Gasteiger partial charge in [-0.3, -0.25) is 4.68 Å². The van der Waals surface area contributed by atoms with Crippen LogP contribution in [-0.4, -0.2) is 9.78 Å². The highest BCUT2D eigenvalue weighted by Gasteiger charge is 2.11. The summed E-state index contributed by atoms with van der Waals surface area (Å²) in [6, 6.07) is 7.85. The minimum atomic E-state index is -0.193. The molecule has 0 fully saturated rings. The van der Waals surface area contributed by atoms with Gasteiger partial charge in [-0.1, -0.05) is 24.3 Å². The first-order chi connectivity index (χ1) is 6.74. The number of fused-ring (bicyclic) bond motifs is 1. The lowest BCUT2D eigenvalue weighted by molar-refractivity contribution is 0.742.